The van der Waals surface area contributed by atoms with Gasteiger partial charge in [-0.05, 0) is 48.2 Å². The minimum Gasteiger partial charge on any atom is -0.383 e. The van der Waals surface area contributed by atoms with Gasteiger partial charge in [-0.25, -0.2) is 9.97 Å². The predicted molar refractivity (Wildman–Crippen MR) is 90.6 cm³/mol. The van der Waals surface area contributed by atoms with Gasteiger partial charge in [-0.15, -0.1) is 0 Å². The third kappa shape index (κ3) is 2.31. The second-order valence-corrected chi connectivity index (χ2v) is 7.27. The van der Waals surface area contributed by atoms with Crippen LogP contribution in [0.4, 0.5) is 5.82 Å². The largest absolute Gasteiger partial charge is 0.383 e. The summed E-state index contributed by atoms with van der Waals surface area (Å²) < 4.78 is 3.09. The molecular weight excluding hydrogens is 360 g/mol. The van der Waals surface area contributed by atoms with Gasteiger partial charge in [0.1, 0.15) is 17.8 Å². The maximum absolute atomic E-state index is 11.6. The van der Waals surface area contributed by atoms with Crippen LogP contribution in [0.5, 0.6) is 0 Å². The molecule has 0 spiro atoms. The summed E-state index contributed by atoms with van der Waals surface area (Å²) in [4.78, 5) is 22.3. The Balaban J connectivity index is 1.55. The summed E-state index contributed by atoms with van der Waals surface area (Å²) >= 11 is 3.55. The highest BCUT2D eigenvalue weighted by Gasteiger charge is 2.41. The summed E-state index contributed by atoms with van der Waals surface area (Å²) in [5.41, 5.74) is 12.3. The summed E-state index contributed by atoms with van der Waals surface area (Å²) in [7, 11) is 0. The van der Waals surface area contributed by atoms with Gasteiger partial charge in [0.2, 0.25) is 5.91 Å². The number of anilines is 1. The van der Waals surface area contributed by atoms with Gasteiger partial charge < -0.3 is 16.0 Å². The van der Waals surface area contributed by atoms with Gasteiger partial charge in [-0.2, -0.15) is 0 Å². The molecule has 2 aromatic heterocycles. The molecule has 1 aliphatic carbocycles. The summed E-state index contributed by atoms with van der Waals surface area (Å²) in [5.74, 6) is 0.297. The second kappa shape index (κ2) is 5.45. The van der Waals surface area contributed by atoms with Crippen molar-refractivity contribution >= 4 is 38.7 Å². The Morgan fingerprint density at radius 1 is 1.30 bits per heavy atom. The number of hydrogen-bond donors (Lipinski definition) is 2. The molecule has 0 aromatic carbocycles. The average molecular weight is 379 g/mol. The molecule has 4 N–H and O–H groups in total. The fourth-order valence-corrected chi connectivity index (χ4v) is 4.53. The molecule has 1 saturated carbocycles. The van der Waals surface area contributed by atoms with Crippen LogP contribution >= 0.6 is 15.9 Å². The van der Waals surface area contributed by atoms with Crippen molar-refractivity contribution in [2.45, 2.75) is 43.8 Å². The van der Waals surface area contributed by atoms with Crippen molar-refractivity contribution in [2.75, 3.05) is 12.3 Å². The molecule has 1 atom stereocenters. The quantitative estimate of drug-likeness (QED) is 0.840. The first-order valence-corrected chi connectivity index (χ1v) is 8.67. The molecule has 1 saturated heterocycles. The molecule has 23 heavy (non-hydrogen) atoms. The van der Waals surface area contributed by atoms with E-state index in [9.17, 15) is 4.79 Å². The van der Waals surface area contributed by atoms with E-state index in [4.69, 9.17) is 11.5 Å². The van der Waals surface area contributed by atoms with Crippen LogP contribution in [0.25, 0.3) is 11.0 Å². The molecule has 2 fully saturated rings. The van der Waals surface area contributed by atoms with Crippen LogP contribution in [-0.4, -0.2) is 44.0 Å². The Hall–Kier alpha value is -1.67. The zero-order valence-electron chi connectivity index (χ0n) is 12.7. The highest BCUT2D eigenvalue weighted by Crippen LogP contribution is 2.42. The van der Waals surface area contributed by atoms with Gasteiger partial charge in [0.25, 0.3) is 0 Å². The highest BCUT2D eigenvalue weighted by molar-refractivity contribution is 9.10. The second-order valence-electron chi connectivity index (χ2n) is 6.42. The fourth-order valence-electron chi connectivity index (χ4n) is 3.93. The first kappa shape index (κ1) is 14.9. The number of halogens is 1. The first-order chi connectivity index (χ1) is 11.1. The van der Waals surface area contributed by atoms with Crippen LogP contribution in [0.1, 0.15) is 31.7 Å². The maximum Gasteiger partial charge on any atom is 0.234 e. The van der Waals surface area contributed by atoms with Crippen LogP contribution in [0.2, 0.25) is 0 Å². The molecule has 7 nitrogen and oxygen atoms in total. The summed E-state index contributed by atoms with van der Waals surface area (Å²) in [6, 6.07) is 0.708. The standard InChI is InChI=1S/C15H19BrN6O/c16-10-6-22(15-12(10)13(17)19-7-20-15)9-4-8(5-9)21-3-1-2-11(21)14(18)23/h6-9,11H,1-5H2,(H2,18,23)(H2,17,19,20). The van der Waals surface area contributed by atoms with Crippen LogP contribution in [0, 0.1) is 0 Å². The van der Waals surface area contributed by atoms with Crippen molar-refractivity contribution < 1.29 is 4.79 Å². The lowest BCUT2D eigenvalue weighted by molar-refractivity contribution is -0.123. The number of hydrogen-bond acceptors (Lipinski definition) is 5. The van der Waals surface area contributed by atoms with Crippen molar-refractivity contribution in [3.8, 4) is 0 Å². The number of amides is 1. The lowest BCUT2D eigenvalue weighted by atomic mass is 9.84. The number of fused-ring (bicyclic) bond motifs is 1. The highest BCUT2D eigenvalue weighted by atomic mass is 79.9. The molecule has 4 rings (SSSR count). The van der Waals surface area contributed by atoms with Gasteiger partial charge in [0.05, 0.1) is 11.4 Å². The normalized spacial score (nSPS) is 28.1. The van der Waals surface area contributed by atoms with E-state index in [0.717, 1.165) is 47.7 Å². The van der Waals surface area contributed by atoms with Crippen LogP contribution in [-0.2, 0) is 4.79 Å². The van der Waals surface area contributed by atoms with Crippen LogP contribution in [0.15, 0.2) is 17.0 Å². The molecule has 3 heterocycles. The van der Waals surface area contributed by atoms with Gasteiger partial charge in [-0.1, -0.05) is 0 Å². The van der Waals surface area contributed by atoms with E-state index in [1.54, 1.807) is 0 Å². The summed E-state index contributed by atoms with van der Waals surface area (Å²) in [6.07, 6.45) is 7.48. The zero-order chi connectivity index (χ0) is 16.1. The molecule has 2 aliphatic rings. The van der Waals surface area contributed by atoms with Gasteiger partial charge in [0, 0.05) is 22.8 Å². The summed E-state index contributed by atoms with van der Waals surface area (Å²) in [6.45, 7) is 0.968. The first-order valence-electron chi connectivity index (χ1n) is 7.88. The number of carbonyl (C=O) groups excluding carboxylic acids is 1. The van der Waals surface area contributed by atoms with E-state index in [0.29, 0.717) is 17.9 Å². The van der Waals surface area contributed by atoms with Gasteiger partial charge in [0.15, 0.2) is 0 Å². The van der Waals surface area contributed by atoms with E-state index in [2.05, 4.69) is 35.4 Å². The van der Waals surface area contributed by atoms with Crippen molar-refractivity contribution in [1.29, 1.82) is 0 Å². The fraction of sp³-hybridized carbons (Fsp3) is 0.533. The lowest BCUT2D eigenvalue weighted by Gasteiger charge is -2.43. The number of nitrogens with two attached hydrogens (primary N) is 2. The predicted octanol–water partition coefficient (Wildman–Crippen LogP) is 1.43. The molecule has 2 aromatic rings. The monoisotopic (exact) mass is 378 g/mol. The average Bonchev–Trinajstić information content (AvgIpc) is 3.04. The van der Waals surface area contributed by atoms with Crippen molar-refractivity contribution in [3.05, 3.63) is 17.0 Å². The Bertz CT molecular complexity index is 769. The van der Waals surface area contributed by atoms with Crippen molar-refractivity contribution in [2.24, 2.45) is 5.73 Å². The van der Waals surface area contributed by atoms with Crippen LogP contribution in [0.3, 0.4) is 0 Å². The summed E-state index contributed by atoms with van der Waals surface area (Å²) in [5, 5.41) is 0.868. The van der Waals surface area contributed by atoms with E-state index in [-0.39, 0.29) is 11.9 Å². The van der Waals surface area contributed by atoms with Gasteiger partial charge >= 0.3 is 0 Å². The third-order valence-corrected chi connectivity index (χ3v) is 5.77. The molecule has 0 radical (unpaired) electrons. The Labute approximate surface area is 142 Å². The van der Waals surface area contributed by atoms with E-state index >= 15 is 0 Å². The molecular formula is C15H19BrN6O. The third-order valence-electron chi connectivity index (χ3n) is 5.17. The molecule has 0 bridgehead atoms. The minimum absolute atomic E-state index is 0.0907. The van der Waals surface area contributed by atoms with E-state index < -0.39 is 0 Å². The number of likely N-dealkylation sites (tertiary alicyclic amines) is 1. The van der Waals surface area contributed by atoms with E-state index in [1.165, 1.54) is 6.33 Å². The van der Waals surface area contributed by atoms with Gasteiger partial charge in [-0.3, -0.25) is 9.69 Å². The zero-order valence-corrected chi connectivity index (χ0v) is 14.2. The molecule has 8 heteroatoms. The lowest BCUT2D eigenvalue weighted by Crippen LogP contribution is -2.51. The Kier molecular flexibility index (Phi) is 3.53. The SMILES string of the molecule is NC(=O)C1CCCN1C1CC(n2cc(Br)c3c(N)ncnc32)C1. The Morgan fingerprint density at radius 2 is 2.09 bits per heavy atom. The smallest absolute Gasteiger partial charge is 0.234 e. The topological polar surface area (TPSA) is 103 Å². The number of rotatable bonds is 3. The van der Waals surface area contributed by atoms with E-state index in [1.807, 2.05) is 6.20 Å². The Morgan fingerprint density at radius 3 is 2.83 bits per heavy atom. The number of carbonyl (C=O) groups is 1. The molecule has 122 valence electrons. The minimum atomic E-state index is -0.194. The maximum atomic E-state index is 11.6. The number of nitrogens with zero attached hydrogens (tertiary/aromatic N) is 4. The van der Waals surface area contributed by atoms with Crippen molar-refractivity contribution in [1.82, 2.24) is 19.4 Å². The molecule has 1 aliphatic heterocycles. The number of aromatic nitrogens is 3. The number of primary amides is 1. The molecule has 1 amide bonds. The molecule has 1 unspecified atom stereocenters. The van der Waals surface area contributed by atoms with Crippen molar-refractivity contribution in [3.63, 3.8) is 0 Å². The van der Waals surface area contributed by atoms with Crippen LogP contribution < -0.4 is 11.5 Å². The number of nitrogen functional groups attached to an aromatic ring is 1.